The first-order chi connectivity index (χ1) is 8.41. The van der Waals surface area contributed by atoms with E-state index in [0.29, 0.717) is 0 Å². The largest absolute Gasteiger partial charge is 0.352 e. The van der Waals surface area contributed by atoms with Crippen LogP contribution in [0, 0.1) is 5.82 Å². The van der Waals surface area contributed by atoms with Crippen LogP contribution in [0.25, 0.3) is 0 Å². The molecule has 0 aliphatic heterocycles. The zero-order chi connectivity index (χ0) is 13.7. The first kappa shape index (κ1) is 14.1. The number of ketones is 1. The maximum Gasteiger partial charge on any atom is 0.299 e. The fourth-order valence-corrected chi connectivity index (χ4v) is 1.09. The van der Waals surface area contributed by atoms with Crippen LogP contribution in [0.15, 0.2) is 36.0 Å². The third-order valence-electron chi connectivity index (χ3n) is 1.90. The molecule has 0 saturated carbocycles. The summed E-state index contributed by atoms with van der Waals surface area (Å²) in [7, 11) is 0. The predicted octanol–water partition coefficient (Wildman–Crippen LogP) is 3.22. The number of anilines is 1. The standard InChI is InChI=1S/C11H8F5NO/c12-6-3-1-2-4-7(6)17-8(10(13)14)5-9(18)11(15)16/h1-5,10-11,17H. The summed E-state index contributed by atoms with van der Waals surface area (Å²) in [6, 6.07) is 4.83. The number of halogens is 5. The van der Waals surface area contributed by atoms with Crippen LogP contribution in [0.2, 0.25) is 0 Å². The molecule has 0 aromatic heterocycles. The van der Waals surface area contributed by atoms with Gasteiger partial charge in [0, 0.05) is 6.08 Å². The average Bonchev–Trinajstić information content (AvgIpc) is 2.30. The molecule has 1 rings (SSSR count). The Morgan fingerprint density at radius 3 is 2.22 bits per heavy atom. The molecule has 0 amide bonds. The molecule has 0 aliphatic rings. The van der Waals surface area contributed by atoms with E-state index in [9.17, 15) is 26.7 Å². The maximum absolute atomic E-state index is 13.1. The third kappa shape index (κ3) is 3.83. The van der Waals surface area contributed by atoms with Gasteiger partial charge in [-0.25, -0.2) is 22.0 Å². The Labute approximate surface area is 99.1 Å². The van der Waals surface area contributed by atoms with E-state index in [2.05, 4.69) is 0 Å². The summed E-state index contributed by atoms with van der Waals surface area (Å²) in [6.45, 7) is 0. The van der Waals surface area contributed by atoms with E-state index in [4.69, 9.17) is 0 Å². The molecule has 7 heteroatoms. The first-order valence-electron chi connectivity index (χ1n) is 4.75. The number of allylic oxidation sites excluding steroid dienone is 2. The van der Waals surface area contributed by atoms with Crippen molar-refractivity contribution in [2.75, 3.05) is 5.32 Å². The maximum atomic E-state index is 13.1. The summed E-state index contributed by atoms with van der Waals surface area (Å²) in [5.41, 5.74) is -1.41. The molecule has 0 bridgehead atoms. The number of para-hydroxylation sites is 1. The number of carbonyl (C=O) groups is 1. The van der Waals surface area contributed by atoms with Gasteiger partial charge < -0.3 is 5.32 Å². The van der Waals surface area contributed by atoms with Gasteiger partial charge in [-0.05, 0) is 12.1 Å². The van der Waals surface area contributed by atoms with E-state index in [-0.39, 0.29) is 11.8 Å². The molecule has 0 aliphatic carbocycles. The van der Waals surface area contributed by atoms with Gasteiger partial charge in [-0.2, -0.15) is 0 Å². The molecule has 0 radical (unpaired) electrons. The molecule has 1 N–H and O–H groups in total. The van der Waals surface area contributed by atoms with Gasteiger partial charge >= 0.3 is 0 Å². The zero-order valence-corrected chi connectivity index (χ0v) is 8.84. The molecule has 0 saturated heterocycles. The van der Waals surface area contributed by atoms with Crippen LogP contribution in [0.1, 0.15) is 0 Å². The van der Waals surface area contributed by atoms with E-state index < -0.39 is 30.1 Å². The van der Waals surface area contributed by atoms with Gasteiger partial charge in [-0.1, -0.05) is 12.1 Å². The summed E-state index contributed by atoms with van der Waals surface area (Å²) in [6.07, 6.45) is -6.52. The molecule has 1 aromatic rings. The fraction of sp³-hybridized carbons (Fsp3) is 0.182. The Morgan fingerprint density at radius 1 is 1.11 bits per heavy atom. The SMILES string of the molecule is O=C(C=C(Nc1ccccc1F)C(F)F)C(F)F. The normalized spacial score (nSPS) is 12.1. The smallest absolute Gasteiger partial charge is 0.299 e. The van der Waals surface area contributed by atoms with Gasteiger partial charge in [0.25, 0.3) is 12.9 Å². The summed E-state index contributed by atoms with van der Waals surface area (Å²) in [5.74, 6) is -2.61. The number of hydrogen-bond donors (Lipinski definition) is 1. The van der Waals surface area contributed by atoms with Crippen molar-refractivity contribution in [2.24, 2.45) is 0 Å². The van der Waals surface area contributed by atoms with Crippen LogP contribution in [0.3, 0.4) is 0 Å². The van der Waals surface area contributed by atoms with Crippen LogP contribution >= 0.6 is 0 Å². The van der Waals surface area contributed by atoms with Crippen molar-refractivity contribution in [3.8, 4) is 0 Å². The van der Waals surface area contributed by atoms with Crippen molar-refractivity contribution in [2.45, 2.75) is 12.9 Å². The zero-order valence-electron chi connectivity index (χ0n) is 8.84. The van der Waals surface area contributed by atoms with Crippen molar-refractivity contribution < 1.29 is 26.7 Å². The van der Waals surface area contributed by atoms with Crippen LogP contribution in [-0.2, 0) is 4.79 Å². The molecule has 18 heavy (non-hydrogen) atoms. The van der Waals surface area contributed by atoms with Crippen molar-refractivity contribution in [1.82, 2.24) is 0 Å². The molecule has 98 valence electrons. The van der Waals surface area contributed by atoms with E-state index in [1.54, 1.807) is 0 Å². The Bertz CT molecular complexity index is 459. The van der Waals surface area contributed by atoms with Crippen LogP contribution in [0.4, 0.5) is 27.6 Å². The molecule has 0 spiro atoms. The Hall–Kier alpha value is -1.92. The topological polar surface area (TPSA) is 29.1 Å². The predicted molar refractivity (Wildman–Crippen MR) is 55.1 cm³/mol. The highest BCUT2D eigenvalue weighted by Crippen LogP contribution is 2.18. The highest BCUT2D eigenvalue weighted by Gasteiger charge is 2.19. The Balaban J connectivity index is 2.95. The lowest BCUT2D eigenvalue weighted by Gasteiger charge is -2.10. The van der Waals surface area contributed by atoms with Gasteiger partial charge in [0.05, 0.1) is 11.4 Å². The molecular formula is C11H8F5NO. The van der Waals surface area contributed by atoms with E-state index in [0.717, 1.165) is 12.1 Å². The molecule has 0 atom stereocenters. The van der Waals surface area contributed by atoms with Gasteiger partial charge in [0.2, 0.25) is 5.78 Å². The van der Waals surface area contributed by atoms with Crippen molar-refractivity contribution in [1.29, 1.82) is 0 Å². The molecule has 2 nitrogen and oxygen atoms in total. The second kappa shape index (κ2) is 6.13. The molecular weight excluding hydrogens is 257 g/mol. The van der Waals surface area contributed by atoms with Crippen molar-refractivity contribution in [3.63, 3.8) is 0 Å². The van der Waals surface area contributed by atoms with Crippen molar-refractivity contribution in [3.05, 3.63) is 41.9 Å². The summed E-state index contributed by atoms with van der Waals surface area (Å²) >= 11 is 0. The second-order valence-electron chi connectivity index (χ2n) is 3.21. The number of hydrogen-bond acceptors (Lipinski definition) is 2. The first-order valence-corrected chi connectivity index (χ1v) is 4.75. The Morgan fingerprint density at radius 2 is 1.72 bits per heavy atom. The molecule has 1 aromatic carbocycles. The van der Waals surface area contributed by atoms with Crippen LogP contribution in [0.5, 0.6) is 0 Å². The highest BCUT2D eigenvalue weighted by molar-refractivity contribution is 5.93. The summed E-state index contributed by atoms with van der Waals surface area (Å²) < 4.78 is 62.0. The van der Waals surface area contributed by atoms with Crippen LogP contribution in [-0.4, -0.2) is 18.6 Å². The van der Waals surface area contributed by atoms with Crippen LogP contribution < -0.4 is 5.32 Å². The van der Waals surface area contributed by atoms with Gasteiger partial charge in [0.1, 0.15) is 5.82 Å². The second-order valence-corrected chi connectivity index (χ2v) is 3.21. The van der Waals surface area contributed by atoms with Gasteiger partial charge in [0.15, 0.2) is 0 Å². The minimum atomic E-state index is -3.39. The quantitative estimate of drug-likeness (QED) is 0.654. The monoisotopic (exact) mass is 265 g/mol. The summed E-state index contributed by atoms with van der Waals surface area (Å²) in [5, 5.41) is 1.91. The van der Waals surface area contributed by atoms with Gasteiger partial charge in [-0.3, -0.25) is 4.79 Å². The summed E-state index contributed by atoms with van der Waals surface area (Å²) in [4.78, 5) is 10.6. The lowest BCUT2D eigenvalue weighted by molar-refractivity contribution is -0.124. The highest BCUT2D eigenvalue weighted by atomic mass is 19.3. The number of alkyl halides is 4. The van der Waals surface area contributed by atoms with E-state index in [1.807, 2.05) is 5.32 Å². The number of nitrogens with one attached hydrogen (secondary N) is 1. The number of benzene rings is 1. The van der Waals surface area contributed by atoms with Gasteiger partial charge in [-0.15, -0.1) is 0 Å². The molecule has 0 unspecified atom stereocenters. The number of carbonyl (C=O) groups excluding carboxylic acids is 1. The minimum absolute atomic E-state index is 0.0712. The number of rotatable bonds is 5. The lowest BCUT2D eigenvalue weighted by Crippen LogP contribution is -2.15. The van der Waals surface area contributed by atoms with Crippen molar-refractivity contribution >= 4 is 11.5 Å². The molecule has 0 heterocycles. The van der Waals surface area contributed by atoms with E-state index in [1.165, 1.54) is 12.1 Å². The Kier molecular flexibility index (Phi) is 4.82. The fourth-order valence-electron chi connectivity index (χ4n) is 1.09. The lowest BCUT2D eigenvalue weighted by atomic mass is 10.2. The molecule has 0 fully saturated rings. The van der Waals surface area contributed by atoms with E-state index >= 15 is 0 Å². The third-order valence-corrected chi connectivity index (χ3v) is 1.90. The average molecular weight is 265 g/mol. The minimum Gasteiger partial charge on any atom is -0.352 e.